The van der Waals surface area contributed by atoms with Crippen LogP contribution < -0.4 is 5.32 Å². The van der Waals surface area contributed by atoms with E-state index in [0.717, 1.165) is 42.6 Å². The first-order valence-electron chi connectivity index (χ1n) is 10.1. The molecule has 2 aromatic heterocycles. The van der Waals surface area contributed by atoms with Crippen molar-refractivity contribution < 1.29 is 4.79 Å². The Morgan fingerprint density at radius 2 is 2.00 bits per heavy atom. The van der Waals surface area contributed by atoms with Crippen LogP contribution in [0.15, 0.2) is 46.8 Å². The second-order valence-corrected chi connectivity index (χ2v) is 9.46. The Bertz CT molecular complexity index is 1090. The number of fused-ring (bicyclic) bond motifs is 1. The van der Waals surface area contributed by atoms with Gasteiger partial charge in [0, 0.05) is 16.6 Å². The van der Waals surface area contributed by atoms with Crippen molar-refractivity contribution in [2.24, 2.45) is 0 Å². The summed E-state index contributed by atoms with van der Waals surface area (Å²) in [7, 11) is 0. The van der Waals surface area contributed by atoms with Crippen molar-refractivity contribution in [2.75, 3.05) is 5.32 Å². The predicted octanol–water partition coefficient (Wildman–Crippen LogP) is 5.46. The Morgan fingerprint density at radius 1 is 1.20 bits per heavy atom. The fourth-order valence-electron chi connectivity index (χ4n) is 3.46. The molecule has 4 rings (SSSR count). The molecule has 0 saturated heterocycles. The lowest BCUT2D eigenvalue weighted by molar-refractivity contribution is -0.115. The van der Waals surface area contributed by atoms with Crippen LogP contribution in [0, 0.1) is 11.3 Å². The SMILES string of the molecule is CC(Sc1nc2c(cc1C#N)CCCCC2)C(=O)Nc1nc(-c2ccccc2)cs1. The van der Waals surface area contributed by atoms with E-state index >= 15 is 0 Å². The largest absolute Gasteiger partial charge is 0.301 e. The maximum absolute atomic E-state index is 12.7. The molecule has 0 bridgehead atoms. The minimum Gasteiger partial charge on any atom is -0.301 e. The number of anilines is 1. The normalized spacial score (nSPS) is 14.3. The summed E-state index contributed by atoms with van der Waals surface area (Å²) < 4.78 is 0. The summed E-state index contributed by atoms with van der Waals surface area (Å²) in [6.45, 7) is 1.83. The summed E-state index contributed by atoms with van der Waals surface area (Å²) in [5.41, 5.74) is 4.68. The molecule has 1 atom stereocenters. The van der Waals surface area contributed by atoms with Crippen molar-refractivity contribution in [3.05, 3.63) is 58.6 Å². The summed E-state index contributed by atoms with van der Waals surface area (Å²) in [4.78, 5) is 22.0. The number of hydrogen-bond acceptors (Lipinski definition) is 6. The highest BCUT2D eigenvalue weighted by atomic mass is 32.2. The number of nitrogens with zero attached hydrogens (tertiary/aromatic N) is 3. The summed E-state index contributed by atoms with van der Waals surface area (Å²) >= 11 is 2.74. The highest BCUT2D eigenvalue weighted by Crippen LogP contribution is 2.30. The second kappa shape index (κ2) is 9.41. The van der Waals surface area contributed by atoms with E-state index in [-0.39, 0.29) is 5.91 Å². The number of nitrogens with one attached hydrogen (secondary N) is 1. The van der Waals surface area contributed by atoms with Gasteiger partial charge in [-0.1, -0.05) is 48.5 Å². The Morgan fingerprint density at radius 3 is 2.80 bits per heavy atom. The highest BCUT2D eigenvalue weighted by molar-refractivity contribution is 8.00. The molecule has 1 N–H and O–H groups in total. The molecule has 1 aliphatic rings. The summed E-state index contributed by atoms with van der Waals surface area (Å²) in [5.74, 6) is -0.144. The zero-order chi connectivity index (χ0) is 20.9. The van der Waals surface area contributed by atoms with Gasteiger partial charge in [-0.3, -0.25) is 4.79 Å². The van der Waals surface area contributed by atoms with E-state index in [4.69, 9.17) is 4.98 Å². The fraction of sp³-hybridized carbons (Fsp3) is 0.304. The Labute approximate surface area is 184 Å². The molecule has 5 nitrogen and oxygen atoms in total. The van der Waals surface area contributed by atoms with Crippen LogP contribution in [0.5, 0.6) is 0 Å². The average Bonchev–Trinajstić information content (AvgIpc) is 3.11. The van der Waals surface area contributed by atoms with Gasteiger partial charge < -0.3 is 5.32 Å². The third-order valence-electron chi connectivity index (χ3n) is 5.10. The van der Waals surface area contributed by atoms with Gasteiger partial charge in [-0.25, -0.2) is 9.97 Å². The first-order chi connectivity index (χ1) is 14.6. The Hall–Kier alpha value is -2.69. The summed E-state index contributed by atoms with van der Waals surface area (Å²) in [6, 6.07) is 14.1. The number of carbonyl (C=O) groups is 1. The molecule has 0 aliphatic heterocycles. The van der Waals surface area contributed by atoms with Gasteiger partial charge in [-0.2, -0.15) is 5.26 Å². The quantitative estimate of drug-likeness (QED) is 0.426. The molecule has 7 heteroatoms. The van der Waals surface area contributed by atoms with Crippen molar-refractivity contribution >= 4 is 34.1 Å². The second-order valence-electron chi connectivity index (χ2n) is 7.27. The standard InChI is InChI=1S/C23H22N4OS2/c1-15(21(28)27-23-26-20(14-29-23)16-8-4-2-5-9-16)30-22-18(13-24)12-17-10-6-3-7-11-19(17)25-22/h2,4-5,8-9,12,14-15H,3,6-7,10-11H2,1H3,(H,26,27,28). The number of nitriles is 1. The van der Waals surface area contributed by atoms with Crippen LogP contribution in [-0.4, -0.2) is 21.1 Å². The third kappa shape index (κ3) is 4.72. The zero-order valence-electron chi connectivity index (χ0n) is 16.7. The van der Waals surface area contributed by atoms with Crippen molar-refractivity contribution in [3.63, 3.8) is 0 Å². The molecule has 0 fully saturated rings. The number of benzene rings is 1. The number of aromatic nitrogens is 2. The molecule has 1 amide bonds. The molecule has 0 radical (unpaired) electrons. The van der Waals surface area contributed by atoms with Crippen molar-refractivity contribution in [1.82, 2.24) is 9.97 Å². The van der Waals surface area contributed by atoms with Gasteiger partial charge >= 0.3 is 0 Å². The van der Waals surface area contributed by atoms with Crippen molar-refractivity contribution in [1.29, 1.82) is 5.26 Å². The van der Waals surface area contributed by atoms with E-state index in [1.807, 2.05) is 48.7 Å². The van der Waals surface area contributed by atoms with E-state index in [1.165, 1.54) is 35.1 Å². The lowest BCUT2D eigenvalue weighted by Crippen LogP contribution is -2.22. The molecule has 0 spiro atoms. The molecule has 1 aliphatic carbocycles. The van der Waals surface area contributed by atoms with Gasteiger partial charge in [0.05, 0.1) is 16.5 Å². The number of hydrogen-bond donors (Lipinski definition) is 1. The summed E-state index contributed by atoms with van der Waals surface area (Å²) in [5, 5.41) is 15.2. The first-order valence-corrected chi connectivity index (χ1v) is 11.8. The summed E-state index contributed by atoms with van der Waals surface area (Å²) in [6.07, 6.45) is 5.38. The number of rotatable bonds is 5. The monoisotopic (exact) mass is 434 g/mol. The van der Waals surface area contributed by atoms with Crippen LogP contribution in [0.25, 0.3) is 11.3 Å². The topological polar surface area (TPSA) is 78.7 Å². The molecule has 1 aromatic carbocycles. The number of carbonyl (C=O) groups excluding carboxylic acids is 1. The Balaban J connectivity index is 1.46. The van der Waals surface area contributed by atoms with Gasteiger partial charge in [-0.15, -0.1) is 11.3 Å². The molecular formula is C23H22N4OS2. The van der Waals surface area contributed by atoms with Crippen LogP contribution in [0.4, 0.5) is 5.13 Å². The lowest BCUT2D eigenvalue weighted by atomic mass is 10.1. The molecule has 2 heterocycles. The maximum atomic E-state index is 12.7. The number of thiazole rings is 1. The van der Waals surface area contributed by atoms with Gasteiger partial charge in [-0.05, 0) is 44.2 Å². The van der Waals surface area contributed by atoms with Crippen LogP contribution in [0.2, 0.25) is 0 Å². The molecule has 0 saturated carbocycles. The number of thioether (sulfide) groups is 1. The molecule has 152 valence electrons. The molecular weight excluding hydrogens is 412 g/mol. The highest BCUT2D eigenvalue weighted by Gasteiger charge is 2.21. The van der Waals surface area contributed by atoms with E-state index < -0.39 is 5.25 Å². The van der Waals surface area contributed by atoms with Crippen molar-refractivity contribution in [2.45, 2.75) is 49.3 Å². The third-order valence-corrected chi connectivity index (χ3v) is 6.96. The van der Waals surface area contributed by atoms with Gasteiger partial charge in [0.25, 0.3) is 0 Å². The number of amides is 1. The predicted molar refractivity (Wildman–Crippen MR) is 122 cm³/mol. The van der Waals surface area contributed by atoms with Crippen LogP contribution in [0.3, 0.4) is 0 Å². The molecule has 3 aromatic rings. The average molecular weight is 435 g/mol. The van der Waals surface area contributed by atoms with Crippen LogP contribution >= 0.6 is 23.1 Å². The Kier molecular flexibility index (Phi) is 6.46. The van der Waals surface area contributed by atoms with E-state index in [0.29, 0.717) is 15.7 Å². The van der Waals surface area contributed by atoms with Gasteiger partial charge in [0.15, 0.2) is 5.13 Å². The maximum Gasteiger partial charge on any atom is 0.239 e. The van der Waals surface area contributed by atoms with Gasteiger partial charge in [0.2, 0.25) is 5.91 Å². The molecule has 30 heavy (non-hydrogen) atoms. The first kappa shape index (κ1) is 20.6. The lowest BCUT2D eigenvalue weighted by Gasteiger charge is -2.13. The minimum atomic E-state index is -0.391. The van der Waals surface area contributed by atoms with Crippen LogP contribution in [0.1, 0.15) is 43.0 Å². The minimum absolute atomic E-state index is 0.144. The fourth-order valence-corrected chi connectivity index (χ4v) is 5.08. The smallest absolute Gasteiger partial charge is 0.239 e. The molecule has 1 unspecified atom stereocenters. The van der Waals surface area contributed by atoms with E-state index in [2.05, 4.69) is 16.4 Å². The van der Waals surface area contributed by atoms with Crippen molar-refractivity contribution in [3.8, 4) is 17.3 Å². The van der Waals surface area contributed by atoms with E-state index in [9.17, 15) is 10.1 Å². The van der Waals surface area contributed by atoms with Gasteiger partial charge in [0.1, 0.15) is 11.1 Å². The van der Waals surface area contributed by atoms with E-state index in [1.54, 1.807) is 0 Å². The number of aryl methyl sites for hydroxylation is 2. The number of pyridine rings is 1. The van der Waals surface area contributed by atoms with Crippen LogP contribution in [-0.2, 0) is 17.6 Å². The zero-order valence-corrected chi connectivity index (χ0v) is 18.4.